The molecule has 0 fully saturated rings. The summed E-state index contributed by atoms with van der Waals surface area (Å²) in [7, 11) is 0. The van der Waals surface area contributed by atoms with Gasteiger partial charge in [0.05, 0.1) is 5.69 Å². The van der Waals surface area contributed by atoms with Gasteiger partial charge in [-0.2, -0.15) is 5.10 Å². The first-order valence-electron chi connectivity index (χ1n) is 6.91. The van der Waals surface area contributed by atoms with E-state index in [0.29, 0.717) is 5.92 Å². The molecule has 0 saturated heterocycles. The van der Waals surface area contributed by atoms with Crippen molar-refractivity contribution >= 4 is 0 Å². The van der Waals surface area contributed by atoms with Crippen molar-refractivity contribution in [2.24, 2.45) is 0 Å². The molecule has 1 aliphatic rings. The van der Waals surface area contributed by atoms with Gasteiger partial charge in [0, 0.05) is 12.5 Å². The van der Waals surface area contributed by atoms with Gasteiger partial charge in [0.1, 0.15) is 5.82 Å². The van der Waals surface area contributed by atoms with Gasteiger partial charge in [-0.3, -0.25) is 0 Å². The average Bonchev–Trinajstić information content (AvgIpc) is 2.80. The number of aryl methyl sites for hydroxylation is 1. The van der Waals surface area contributed by atoms with Crippen LogP contribution in [0.5, 0.6) is 0 Å². The van der Waals surface area contributed by atoms with Crippen molar-refractivity contribution in [3.8, 4) is 5.69 Å². The van der Waals surface area contributed by atoms with Crippen molar-refractivity contribution in [3.05, 3.63) is 41.0 Å². The molecule has 0 atom stereocenters. The van der Waals surface area contributed by atoms with Crippen molar-refractivity contribution < 1.29 is 0 Å². The summed E-state index contributed by atoms with van der Waals surface area (Å²) in [5.41, 5.74) is 3.94. The number of fused-ring (bicyclic) bond motifs is 1. The Morgan fingerprint density at radius 2 is 2.11 bits per heavy atom. The SMILES string of the molecule is Cc1nc(C(C)C)nn1-c1ccc2c(c1)CNCC2. The molecule has 0 radical (unpaired) electrons. The van der Waals surface area contributed by atoms with Crippen LogP contribution in [0, 0.1) is 6.92 Å². The lowest BCUT2D eigenvalue weighted by molar-refractivity contribution is 0.642. The highest BCUT2D eigenvalue weighted by atomic mass is 15.3. The zero-order valence-electron chi connectivity index (χ0n) is 11.8. The molecular formula is C15H20N4. The predicted octanol–water partition coefficient (Wildman–Crippen LogP) is 2.34. The van der Waals surface area contributed by atoms with Crippen molar-refractivity contribution in [2.45, 2.75) is 39.7 Å². The summed E-state index contributed by atoms with van der Waals surface area (Å²) < 4.78 is 1.95. The van der Waals surface area contributed by atoms with Crippen LogP contribution in [-0.4, -0.2) is 21.3 Å². The third-order valence-electron chi connectivity index (χ3n) is 3.62. The summed E-state index contributed by atoms with van der Waals surface area (Å²) in [6.07, 6.45) is 1.11. The van der Waals surface area contributed by atoms with Crippen LogP contribution in [0.15, 0.2) is 18.2 Å². The average molecular weight is 256 g/mol. The van der Waals surface area contributed by atoms with Crippen molar-refractivity contribution in [1.82, 2.24) is 20.1 Å². The lowest BCUT2D eigenvalue weighted by Gasteiger charge is -2.18. The first kappa shape index (κ1) is 12.4. The molecule has 0 unspecified atom stereocenters. The van der Waals surface area contributed by atoms with Crippen LogP contribution >= 0.6 is 0 Å². The Hall–Kier alpha value is -1.68. The van der Waals surface area contributed by atoms with E-state index >= 15 is 0 Å². The van der Waals surface area contributed by atoms with Gasteiger partial charge in [-0.25, -0.2) is 9.67 Å². The number of rotatable bonds is 2. The maximum atomic E-state index is 4.61. The first-order valence-corrected chi connectivity index (χ1v) is 6.91. The van der Waals surface area contributed by atoms with E-state index in [-0.39, 0.29) is 0 Å². The van der Waals surface area contributed by atoms with E-state index in [1.807, 2.05) is 11.6 Å². The molecule has 3 rings (SSSR count). The number of nitrogens with one attached hydrogen (secondary N) is 1. The topological polar surface area (TPSA) is 42.7 Å². The minimum absolute atomic E-state index is 0.360. The molecule has 0 aliphatic carbocycles. The van der Waals surface area contributed by atoms with E-state index in [1.165, 1.54) is 11.1 Å². The maximum absolute atomic E-state index is 4.61. The number of nitrogens with zero attached hydrogens (tertiary/aromatic N) is 3. The molecule has 4 heteroatoms. The van der Waals surface area contributed by atoms with E-state index in [1.54, 1.807) is 0 Å². The van der Waals surface area contributed by atoms with Gasteiger partial charge in [-0.15, -0.1) is 0 Å². The Balaban J connectivity index is 2.02. The molecule has 19 heavy (non-hydrogen) atoms. The third kappa shape index (κ3) is 2.28. The fourth-order valence-corrected chi connectivity index (χ4v) is 2.50. The number of hydrogen-bond acceptors (Lipinski definition) is 3. The Morgan fingerprint density at radius 3 is 2.84 bits per heavy atom. The quantitative estimate of drug-likeness (QED) is 0.897. The Kier molecular flexibility index (Phi) is 3.11. The summed E-state index contributed by atoms with van der Waals surface area (Å²) in [6.45, 7) is 8.28. The molecule has 0 spiro atoms. The molecule has 1 aromatic carbocycles. The van der Waals surface area contributed by atoms with E-state index in [4.69, 9.17) is 0 Å². The largest absolute Gasteiger partial charge is 0.312 e. The van der Waals surface area contributed by atoms with Crippen molar-refractivity contribution in [3.63, 3.8) is 0 Å². The molecule has 0 saturated carbocycles. The second kappa shape index (κ2) is 4.78. The molecule has 1 aliphatic heterocycles. The molecular weight excluding hydrogens is 236 g/mol. The number of hydrogen-bond donors (Lipinski definition) is 1. The van der Waals surface area contributed by atoms with E-state index < -0.39 is 0 Å². The first-order chi connectivity index (χ1) is 9.15. The molecule has 1 N–H and O–H groups in total. The van der Waals surface area contributed by atoms with E-state index in [9.17, 15) is 0 Å². The second-order valence-corrected chi connectivity index (χ2v) is 5.46. The van der Waals surface area contributed by atoms with Gasteiger partial charge < -0.3 is 5.32 Å². The van der Waals surface area contributed by atoms with Crippen LogP contribution in [0.1, 0.15) is 42.5 Å². The van der Waals surface area contributed by atoms with Crippen LogP contribution in [0.2, 0.25) is 0 Å². The highest BCUT2D eigenvalue weighted by molar-refractivity contribution is 5.41. The fourth-order valence-electron chi connectivity index (χ4n) is 2.50. The van der Waals surface area contributed by atoms with Gasteiger partial charge in [0.25, 0.3) is 0 Å². The lowest BCUT2D eigenvalue weighted by Crippen LogP contribution is -2.23. The van der Waals surface area contributed by atoms with Crippen LogP contribution in [0.3, 0.4) is 0 Å². The zero-order valence-corrected chi connectivity index (χ0v) is 11.8. The van der Waals surface area contributed by atoms with Gasteiger partial charge in [0.15, 0.2) is 5.82 Å². The van der Waals surface area contributed by atoms with E-state index in [0.717, 1.165) is 36.8 Å². The highest BCUT2D eigenvalue weighted by Crippen LogP contribution is 2.20. The van der Waals surface area contributed by atoms with Gasteiger partial charge in [-0.1, -0.05) is 19.9 Å². The minimum atomic E-state index is 0.360. The van der Waals surface area contributed by atoms with Crippen molar-refractivity contribution in [1.29, 1.82) is 0 Å². The van der Waals surface area contributed by atoms with Crippen LogP contribution in [0.4, 0.5) is 0 Å². The second-order valence-electron chi connectivity index (χ2n) is 5.46. The summed E-state index contributed by atoms with van der Waals surface area (Å²) in [5.74, 6) is 2.22. The number of aromatic nitrogens is 3. The van der Waals surface area contributed by atoms with Crippen LogP contribution < -0.4 is 5.32 Å². The zero-order chi connectivity index (χ0) is 13.4. The molecule has 1 aromatic heterocycles. The highest BCUT2D eigenvalue weighted by Gasteiger charge is 2.13. The monoisotopic (exact) mass is 256 g/mol. The minimum Gasteiger partial charge on any atom is -0.312 e. The Labute approximate surface area is 113 Å². The standard InChI is InChI=1S/C15H20N4/c1-10(2)15-17-11(3)19(18-15)14-5-4-12-6-7-16-9-13(12)8-14/h4-5,8,10,16H,6-7,9H2,1-3H3. The third-order valence-corrected chi connectivity index (χ3v) is 3.62. The lowest BCUT2D eigenvalue weighted by atomic mass is 10.0. The predicted molar refractivity (Wildman–Crippen MR) is 75.6 cm³/mol. The molecule has 0 amide bonds. The maximum Gasteiger partial charge on any atom is 0.153 e. The normalized spacial score (nSPS) is 14.7. The van der Waals surface area contributed by atoms with Gasteiger partial charge in [0.2, 0.25) is 0 Å². The smallest absolute Gasteiger partial charge is 0.153 e. The summed E-state index contributed by atoms with van der Waals surface area (Å²) in [5, 5.41) is 8.03. The van der Waals surface area contributed by atoms with Gasteiger partial charge in [-0.05, 0) is 43.1 Å². The summed E-state index contributed by atoms with van der Waals surface area (Å²) in [4.78, 5) is 4.53. The Bertz CT molecular complexity index is 598. The van der Waals surface area contributed by atoms with E-state index in [2.05, 4.69) is 47.4 Å². The molecule has 100 valence electrons. The fraction of sp³-hybridized carbons (Fsp3) is 0.467. The summed E-state index contributed by atoms with van der Waals surface area (Å²) in [6, 6.07) is 6.60. The Morgan fingerprint density at radius 1 is 1.26 bits per heavy atom. The van der Waals surface area contributed by atoms with Crippen molar-refractivity contribution in [2.75, 3.05) is 6.54 Å². The molecule has 0 bridgehead atoms. The molecule has 4 nitrogen and oxygen atoms in total. The van der Waals surface area contributed by atoms with Gasteiger partial charge >= 0.3 is 0 Å². The molecule has 2 heterocycles. The number of benzene rings is 1. The van der Waals surface area contributed by atoms with Crippen LogP contribution in [-0.2, 0) is 13.0 Å². The van der Waals surface area contributed by atoms with Crippen LogP contribution in [0.25, 0.3) is 5.69 Å². The molecule has 2 aromatic rings. The summed E-state index contributed by atoms with van der Waals surface area (Å²) >= 11 is 0.